The minimum Gasteiger partial charge on any atom is -0.494 e. The quantitative estimate of drug-likeness (QED) is 0.623. The maximum atomic E-state index is 14.3. The van der Waals surface area contributed by atoms with E-state index < -0.39 is 11.7 Å². The van der Waals surface area contributed by atoms with Gasteiger partial charge in [0.15, 0.2) is 0 Å². The van der Waals surface area contributed by atoms with Crippen LogP contribution in [0, 0.1) is 5.82 Å². The van der Waals surface area contributed by atoms with E-state index in [9.17, 15) is 14.0 Å². The predicted octanol–water partition coefficient (Wildman–Crippen LogP) is 3.14. The van der Waals surface area contributed by atoms with Gasteiger partial charge in [0, 0.05) is 31.7 Å². The summed E-state index contributed by atoms with van der Waals surface area (Å²) in [6.07, 6.45) is 0. The predicted molar refractivity (Wildman–Crippen MR) is 120 cm³/mol. The van der Waals surface area contributed by atoms with Gasteiger partial charge in [0.2, 0.25) is 0 Å². The lowest BCUT2D eigenvalue weighted by molar-refractivity contribution is -0.138. The summed E-state index contributed by atoms with van der Waals surface area (Å²) >= 11 is 0. The molecule has 6 nitrogen and oxygen atoms in total. The minimum absolute atomic E-state index is 0.0940. The van der Waals surface area contributed by atoms with E-state index in [0.717, 1.165) is 24.5 Å². The van der Waals surface area contributed by atoms with Crippen LogP contribution in [0.5, 0.6) is 5.75 Å². The van der Waals surface area contributed by atoms with Crippen molar-refractivity contribution < 1.29 is 18.7 Å². The molecule has 168 valence electrons. The third-order valence-corrected chi connectivity index (χ3v) is 6.02. The van der Waals surface area contributed by atoms with Gasteiger partial charge >= 0.3 is 0 Å². The molecule has 2 aliphatic heterocycles. The van der Waals surface area contributed by atoms with E-state index in [1.165, 1.54) is 6.07 Å². The number of ether oxygens (including phenoxy) is 1. The van der Waals surface area contributed by atoms with Crippen molar-refractivity contribution in [3.05, 3.63) is 71.2 Å². The molecule has 1 saturated heterocycles. The van der Waals surface area contributed by atoms with Gasteiger partial charge in [-0.15, -0.1) is 0 Å². The van der Waals surface area contributed by atoms with Crippen LogP contribution in [-0.4, -0.2) is 65.8 Å². The number of carbonyl (C=O) groups excluding carboxylic acids is 2. The van der Waals surface area contributed by atoms with Crippen molar-refractivity contribution >= 4 is 17.4 Å². The summed E-state index contributed by atoms with van der Waals surface area (Å²) in [6.45, 7) is 8.39. The van der Waals surface area contributed by atoms with E-state index in [1.807, 2.05) is 11.8 Å². The van der Waals surface area contributed by atoms with Gasteiger partial charge in [-0.2, -0.15) is 0 Å². The van der Waals surface area contributed by atoms with Crippen molar-refractivity contribution in [1.29, 1.82) is 0 Å². The smallest absolute Gasteiger partial charge is 0.278 e. The second-order valence-electron chi connectivity index (χ2n) is 7.89. The van der Waals surface area contributed by atoms with Crippen molar-refractivity contribution in [2.24, 2.45) is 0 Å². The molecule has 2 aliphatic rings. The summed E-state index contributed by atoms with van der Waals surface area (Å²) in [5.74, 6) is -0.488. The lowest BCUT2D eigenvalue weighted by Crippen LogP contribution is -2.47. The van der Waals surface area contributed by atoms with E-state index in [1.54, 1.807) is 42.5 Å². The van der Waals surface area contributed by atoms with Gasteiger partial charge in [-0.3, -0.25) is 14.5 Å². The number of amides is 2. The maximum absolute atomic E-state index is 14.3. The number of halogens is 1. The topological polar surface area (TPSA) is 53.1 Å². The summed E-state index contributed by atoms with van der Waals surface area (Å²) < 4.78 is 19.8. The van der Waals surface area contributed by atoms with Crippen LogP contribution in [0.4, 0.5) is 4.39 Å². The van der Waals surface area contributed by atoms with E-state index in [4.69, 9.17) is 4.74 Å². The van der Waals surface area contributed by atoms with Gasteiger partial charge in [0.05, 0.1) is 18.7 Å². The lowest BCUT2D eigenvalue weighted by atomic mass is 10.0. The summed E-state index contributed by atoms with van der Waals surface area (Å²) in [5.41, 5.74) is 1.76. The van der Waals surface area contributed by atoms with E-state index in [0.29, 0.717) is 47.8 Å². The number of piperazine rings is 1. The van der Waals surface area contributed by atoms with Crippen molar-refractivity contribution in [2.75, 3.05) is 39.3 Å². The molecule has 0 saturated carbocycles. The van der Waals surface area contributed by atoms with E-state index in [2.05, 4.69) is 11.8 Å². The summed E-state index contributed by atoms with van der Waals surface area (Å²) in [5, 5.41) is 0. The number of nitrogens with zero attached hydrogens (tertiary/aromatic N) is 3. The lowest BCUT2D eigenvalue weighted by Gasteiger charge is -2.36. The van der Waals surface area contributed by atoms with Crippen LogP contribution in [0.15, 0.2) is 54.2 Å². The standard InChI is InChI=1S/C25H28FN3O3/c1-3-27-13-15-28(16-14-27)23-22(18-9-11-20(12-10-18)32-4-2)24(30)29(25(23)31)17-19-7-5-6-8-21(19)26/h5-12H,3-4,13-17H2,1-2H3. The molecule has 1 fully saturated rings. The average Bonchev–Trinajstić information content (AvgIpc) is 3.06. The number of imide groups is 1. The van der Waals surface area contributed by atoms with Gasteiger partial charge < -0.3 is 14.5 Å². The highest BCUT2D eigenvalue weighted by Crippen LogP contribution is 2.34. The molecule has 2 amide bonds. The molecule has 0 spiro atoms. The Kier molecular flexibility index (Phi) is 6.55. The Labute approximate surface area is 187 Å². The summed E-state index contributed by atoms with van der Waals surface area (Å²) in [4.78, 5) is 32.4. The first-order chi connectivity index (χ1) is 15.5. The number of carbonyl (C=O) groups is 2. The summed E-state index contributed by atoms with van der Waals surface area (Å²) in [7, 11) is 0. The first kappa shape index (κ1) is 22.0. The fraction of sp³-hybridized carbons (Fsp3) is 0.360. The van der Waals surface area contributed by atoms with Crippen LogP contribution >= 0.6 is 0 Å². The number of likely N-dealkylation sites (N-methyl/N-ethyl adjacent to an activating group) is 1. The van der Waals surface area contributed by atoms with Crippen LogP contribution in [0.3, 0.4) is 0 Å². The number of hydrogen-bond donors (Lipinski definition) is 0. The normalized spacial score (nSPS) is 17.5. The highest BCUT2D eigenvalue weighted by atomic mass is 19.1. The zero-order chi connectivity index (χ0) is 22.7. The fourth-order valence-electron chi connectivity index (χ4n) is 4.23. The number of rotatable bonds is 7. The van der Waals surface area contributed by atoms with Crippen LogP contribution in [0.1, 0.15) is 25.0 Å². The van der Waals surface area contributed by atoms with Gasteiger partial charge in [-0.25, -0.2) is 4.39 Å². The van der Waals surface area contributed by atoms with Crippen molar-refractivity contribution in [3.63, 3.8) is 0 Å². The van der Waals surface area contributed by atoms with Gasteiger partial charge in [0.25, 0.3) is 11.8 Å². The molecule has 0 aliphatic carbocycles. The zero-order valence-electron chi connectivity index (χ0n) is 18.5. The highest BCUT2D eigenvalue weighted by molar-refractivity contribution is 6.35. The largest absolute Gasteiger partial charge is 0.494 e. The molecule has 0 unspecified atom stereocenters. The van der Waals surface area contributed by atoms with Crippen LogP contribution in [0.25, 0.3) is 5.57 Å². The molecule has 0 aromatic heterocycles. The minimum atomic E-state index is -0.430. The highest BCUT2D eigenvalue weighted by Gasteiger charge is 2.42. The Morgan fingerprint density at radius 3 is 2.22 bits per heavy atom. The second kappa shape index (κ2) is 9.53. The monoisotopic (exact) mass is 437 g/mol. The molecule has 2 aromatic rings. The third kappa shape index (κ3) is 4.25. The molecule has 4 rings (SSSR count). The van der Waals surface area contributed by atoms with Crippen molar-refractivity contribution in [2.45, 2.75) is 20.4 Å². The Balaban J connectivity index is 1.69. The van der Waals surface area contributed by atoms with E-state index >= 15 is 0 Å². The van der Waals surface area contributed by atoms with Crippen LogP contribution in [-0.2, 0) is 16.1 Å². The van der Waals surface area contributed by atoms with Crippen molar-refractivity contribution in [1.82, 2.24) is 14.7 Å². The Morgan fingerprint density at radius 1 is 0.906 bits per heavy atom. The molecule has 2 heterocycles. The molecule has 2 aromatic carbocycles. The van der Waals surface area contributed by atoms with Gasteiger partial charge in [-0.1, -0.05) is 37.3 Å². The molecule has 32 heavy (non-hydrogen) atoms. The molecule has 7 heteroatoms. The molecule has 0 atom stereocenters. The Hall–Kier alpha value is -3.19. The number of benzene rings is 2. The van der Waals surface area contributed by atoms with Crippen LogP contribution < -0.4 is 4.74 Å². The Bertz CT molecular complexity index is 1030. The van der Waals surface area contributed by atoms with Gasteiger partial charge in [0.1, 0.15) is 17.3 Å². The van der Waals surface area contributed by atoms with Gasteiger partial charge in [-0.05, 0) is 37.2 Å². The first-order valence-electron chi connectivity index (χ1n) is 11.1. The first-order valence-corrected chi connectivity index (χ1v) is 11.1. The average molecular weight is 438 g/mol. The fourth-order valence-corrected chi connectivity index (χ4v) is 4.23. The van der Waals surface area contributed by atoms with E-state index in [-0.39, 0.29) is 12.5 Å². The number of hydrogen-bond acceptors (Lipinski definition) is 5. The second-order valence-corrected chi connectivity index (χ2v) is 7.89. The third-order valence-electron chi connectivity index (χ3n) is 6.02. The SMILES string of the molecule is CCOc1ccc(C2=C(N3CCN(CC)CC3)C(=O)N(Cc3ccccc3F)C2=O)cc1. The summed E-state index contributed by atoms with van der Waals surface area (Å²) in [6, 6.07) is 13.5. The molecule has 0 N–H and O–H groups in total. The molecule has 0 radical (unpaired) electrons. The molecule has 0 bridgehead atoms. The molecular weight excluding hydrogens is 409 g/mol. The zero-order valence-corrected chi connectivity index (χ0v) is 18.5. The maximum Gasteiger partial charge on any atom is 0.278 e. The Morgan fingerprint density at radius 2 is 1.59 bits per heavy atom. The van der Waals surface area contributed by atoms with Crippen LogP contribution in [0.2, 0.25) is 0 Å². The van der Waals surface area contributed by atoms with Crippen molar-refractivity contribution in [3.8, 4) is 5.75 Å². The molecular formula is C25H28FN3O3.